The highest BCUT2D eigenvalue weighted by Crippen LogP contribution is 2.29. The third-order valence-corrected chi connectivity index (χ3v) is 4.68. The highest BCUT2D eigenvalue weighted by molar-refractivity contribution is 7.98. The van der Waals surface area contributed by atoms with Gasteiger partial charge >= 0.3 is 0 Å². The number of nitrogens with two attached hydrogens (primary N) is 1. The Morgan fingerprint density at radius 1 is 1.13 bits per heavy atom. The van der Waals surface area contributed by atoms with Gasteiger partial charge in [0.15, 0.2) is 5.96 Å². The zero-order valence-electron chi connectivity index (χ0n) is 17.3. The Kier molecular flexibility index (Phi) is 7.12. The van der Waals surface area contributed by atoms with Crippen LogP contribution < -0.4 is 16.4 Å². The molecule has 0 amide bonds. The summed E-state index contributed by atoms with van der Waals surface area (Å²) in [6, 6.07) is 0. The average Bonchev–Trinajstić information content (AvgIpc) is 3.16. The molecular formula is C18H24N10OS. The molecule has 3 aromatic heterocycles. The Labute approximate surface area is 178 Å². The van der Waals surface area contributed by atoms with Crippen molar-refractivity contribution in [1.82, 2.24) is 35.5 Å². The lowest BCUT2D eigenvalue weighted by Crippen LogP contribution is -2.31. The van der Waals surface area contributed by atoms with Crippen LogP contribution in [0.4, 0.5) is 11.6 Å². The van der Waals surface area contributed by atoms with E-state index < -0.39 is 0 Å². The fourth-order valence-corrected chi connectivity index (χ4v) is 3.18. The van der Waals surface area contributed by atoms with E-state index in [9.17, 15) is 0 Å². The van der Waals surface area contributed by atoms with E-state index in [4.69, 9.17) is 10.2 Å². The quantitative estimate of drug-likeness (QED) is 0.288. The number of nitrogen functional groups attached to an aromatic ring is 1. The summed E-state index contributed by atoms with van der Waals surface area (Å²) in [5.41, 5.74) is 7.32. The van der Waals surface area contributed by atoms with Gasteiger partial charge in [-0.2, -0.15) is 0 Å². The fourth-order valence-electron chi connectivity index (χ4n) is 2.45. The summed E-state index contributed by atoms with van der Waals surface area (Å²) in [6.07, 6.45) is 3.35. The van der Waals surface area contributed by atoms with Crippen LogP contribution in [0.25, 0.3) is 11.5 Å². The lowest BCUT2D eigenvalue weighted by atomic mass is 10.3. The Hall–Kier alpha value is -3.28. The first-order chi connectivity index (χ1) is 14.5. The van der Waals surface area contributed by atoms with Crippen LogP contribution >= 0.6 is 11.8 Å². The molecule has 0 atom stereocenters. The van der Waals surface area contributed by atoms with Crippen molar-refractivity contribution >= 4 is 29.4 Å². The minimum Gasteiger partial charge on any atom is -0.411 e. The number of aromatic nitrogens is 6. The van der Waals surface area contributed by atoms with Crippen molar-refractivity contribution in [2.24, 2.45) is 4.99 Å². The molecule has 0 aliphatic rings. The first-order valence-electron chi connectivity index (χ1n) is 9.43. The van der Waals surface area contributed by atoms with Crippen LogP contribution in [-0.4, -0.2) is 49.2 Å². The van der Waals surface area contributed by atoms with Gasteiger partial charge in [-0.25, -0.2) is 19.9 Å². The first kappa shape index (κ1) is 21.4. The maximum Gasteiger partial charge on any atom is 0.277 e. The zero-order chi connectivity index (χ0) is 21.5. The Morgan fingerprint density at radius 2 is 1.90 bits per heavy atom. The Bertz CT molecular complexity index is 1040. The van der Waals surface area contributed by atoms with Gasteiger partial charge < -0.3 is 20.8 Å². The van der Waals surface area contributed by atoms with Crippen molar-refractivity contribution in [1.29, 1.82) is 0 Å². The molecule has 30 heavy (non-hydrogen) atoms. The predicted molar refractivity (Wildman–Crippen MR) is 116 cm³/mol. The summed E-state index contributed by atoms with van der Waals surface area (Å²) in [5.74, 6) is 3.68. The standard InChI is InChI=1S/C18H24N10OS/c1-5-20-17(21-6-2)26-15-12(7-22-11(4)25-15)9-30-18-28-27-16(29-18)13-8-23-10(3)24-14(13)19/h7-8H,5-6,9H2,1-4H3,(H2,19,23,24)(H2,20,21,22,25,26). The van der Waals surface area contributed by atoms with Crippen LogP contribution in [0.2, 0.25) is 0 Å². The smallest absolute Gasteiger partial charge is 0.277 e. The molecule has 3 heterocycles. The molecule has 0 aliphatic carbocycles. The monoisotopic (exact) mass is 428 g/mol. The van der Waals surface area contributed by atoms with Crippen molar-refractivity contribution < 1.29 is 4.42 Å². The maximum atomic E-state index is 5.93. The van der Waals surface area contributed by atoms with Crippen LogP contribution in [0.5, 0.6) is 0 Å². The number of rotatable bonds is 7. The molecular weight excluding hydrogens is 404 g/mol. The number of hydrogen-bond acceptors (Lipinski definition) is 10. The fraction of sp³-hybridized carbons (Fsp3) is 0.389. The lowest BCUT2D eigenvalue weighted by molar-refractivity contribution is 0.465. The molecule has 3 rings (SSSR count). The van der Waals surface area contributed by atoms with Gasteiger partial charge in [-0.3, -0.25) is 4.99 Å². The normalized spacial score (nSPS) is 11.5. The third kappa shape index (κ3) is 5.41. The topological polar surface area (TPSA) is 153 Å². The summed E-state index contributed by atoms with van der Waals surface area (Å²) < 4.78 is 5.72. The molecule has 158 valence electrons. The van der Waals surface area contributed by atoms with Gasteiger partial charge in [-0.15, -0.1) is 10.2 Å². The Morgan fingerprint density at radius 3 is 2.63 bits per heavy atom. The number of guanidine groups is 1. The van der Waals surface area contributed by atoms with E-state index in [-0.39, 0.29) is 5.89 Å². The van der Waals surface area contributed by atoms with Crippen molar-refractivity contribution in [3.8, 4) is 11.5 Å². The molecule has 12 heteroatoms. The molecule has 4 N–H and O–H groups in total. The van der Waals surface area contributed by atoms with E-state index in [0.29, 0.717) is 52.3 Å². The van der Waals surface area contributed by atoms with Gasteiger partial charge in [0.25, 0.3) is 11.1 Å². The van der Waals surface area contributed by atoms with Crippen molar-refractivity contribution in [3.63, 3.8) is 0 Å². The molecule has 0 saturated heterocycles. The van der Waals surface area contributed by atoms with E-state index in [0.717, 1.165) is 12.1 Å². The summed E-state index contributed by atoms with van der Waals surface area (Å²) >= 11 is 1.37. The number of nitrogens with zero attached hydrogens (tertiary/aromatic N) is 7. The van der Waals surface area contributed by atoms with E-state index in [1.807, 2.05) is 20.8 Å². The number of thioether (sulfide) groups is 1. The molecule has 11 nitrogen and oxygen atoms in total. The molecule has 3 aromatic rings. The summed E-state index contributed by atoms with van der Waals surface area (Å²) in [6.45, 7) is 8.98. The highest BCUT2D eigenvalue weighted by atomic mass is 32.2. The van der Waals surface area contributed by atoms with Gasteiger partial charge in [0.1, 0.15) is 23.3 Å². The van der Waals surface area contributed by atoms with Crippen LogP contribution in [0.15, 0.2) is 27.0 Å². The lowest BCUT2D eigenvalue weighted by Gasteiger charge is -2.13. The summed E-state index contributed by atoms with van der Waals surface area (Å²) in [7, 11) is 0. The average molecular weight is 429 g/mol. The second-order valence-electron chi connectivity index (χ2n) is 6.15. The summed E-state index contributed by atoms with van der Waals surface area (Å²) in [5, 5.41) is 15.0. The summed E-state index contributed by atoms with van der Waals surface area (Å²) in [4.78, 5) is 21.5. The van der Waals surface area contributed by atoms with E-state index in [1.54, 1.807) is 19.3 Å². The van der Waals surface area contributed by atoms with Gasteiger partial charge in [-0.05, 0) is 27.7 Å². The molecule has 0 bridgehead atoms. The number of aryl methyl sites for hydroxylation is 2. The Balaban J connectivity index is 1.75. The molecule has 0 spiro atoms. The molecule has 0 aromatic carbocycles. The van der Waals surface area contributed by atoms with E-state index >= 15 is 0 Å². The number of hydrogen-bond donors (Lipinski definition) is 3. The van der Waals surface area contributed by atoms with Gasteiger partial charge in [0.05, 0.1) is 5.56 Å². The molecule has 0 radical (unpaired) electrons. The van der Waals surface area contributed by atoms with Crippen LogP contribution in [-0.2, 0) is 5.75 Å². The second-order valence-corrected chi connectivity index (χ2v) is 7.07. The number of nitrogens with one attached hydrogen (secondary N) is 2. The van der Waals surface area contributed by atoms with Crippen molar-refractivity contribution in [2.45, 2.75) is 38.7 Å². The predicted octanol–water partition coefficient (Wildman–Crippen LogP) is 2.21. The van der Waals surface area contributed by atoms with Crippen LogP contribution in [0.1, 0.15) is 31.1 Å². The number of anilines is 2. The minimum absolute atomic E-state index is 0.276. The molecule has 0 saturated carbocycles. The highest BCUT2D eigenvalue weighted by Gasteiger charge is 2.15. The largest absolute Gasteiger partial charge is 0.411 e. The molecule has 0 aliphatic heterocycles. The SMILES string of the molecule is CCN=C(NCC)Nc1nc(C)ncc1CSc1nnc(-c2cnc(C)nc2N)o1. The van der Waals surface area contributed by atoms with E-state index in [2.05, 4.69) is 45.8 Å². The maximum absolute atomic E-state index is 5.93. The van der Waals surface area contributed by atoms with Gasteiger partial charge in [-0.1, -0.05) is 11.8 Å². The van der Waals surface area contributed by atoms with Crippen molar-refractivity contribution in [2.75, 3.05) is 24.1 Å². The number of aliphatic imine (C=N–C) groups is 1. The second kappa shape index (κ2) is 9.96. The van der Waals surface area contributed by atoms with Gasteiger partial charge in [0, 0.05) is 36.8 Å². The third-order valence-electron chi connectivity index (χ3n) is 3.81. The molecule has 0 fully saturated rings. The minimum atomic E-state index is 0.276. The van der Waals surface area contributed by atoms with Crippen molar-refractivity contribution in [3.05, 3.63) is 29.6 Å². The van der Waals surface area contributed by atoms with Gasteiger partial charge in [0.2, 0.25) is 0 Å². The van der Waals surface area contributed by atoms with Crippen LogP contribution in [0.3, 0.4) is 0 Å². The zero-order valence-corrected chi connectivity index (χ0v) is 18.1. The van der Waals surface area contributed by atoms with E-state index in [1.165, 1.54) is 11.8 Å². The first-order valence-corrected chi connectivity index (χ1v) is 10.4. The molecule has 0 unspecified atom stereocenters. The van der Waals surface area contributed by atoms with Crippen LogP contribution in [0, 0.1) is 13.8 Å².